The molecule has 2 aliphatic heterocycles. The van der Waals surface area contributed by atoms with E-state index in [1.54, 1.807) is 0 Å². The lowest BCUT2D eigenvalue weighted by atomic mass is 9.88. The maximum atomic E-state index is 8.42. The molecule has 3 N–H and O–H groups in total. The third-order valence-electron chi connectivity index (χ3n) is 11.6. The molecule has 2 aliphatic rings. The number of aromatic nitrogens is 1. The Morgan fingerprint density at radius 1 is 0.569 bits per heavy atom. The van der Waals surface area contributed by atoms with Crippen LogP contribution in [0.25, 0.3) is 55.2 Å². The number of aliphatic imine (C=N–C) groups is 1. The van der Waals surface area contributed by atoms with E-state index in [1.165, 1.54) is 55.4 Å². The second kappa shape index (κ2) is 14.5. The van der Waals surface area contributed by atoms with Crippen LogP contribution in [-0.2, 0) is 13.5 Å². The van der Waals surface area contributed by atoms with Gasteiger partial charge in [-0.25, -0.2) is 4.99 Å². The molecular formula is C53H41N5. The number of amidine groups is 2. The van der Waals surface area contributed by atoms with E-state index < -0.39 is 0 Å². The largest absolute Gasteiger partial charge is 0.383 e. The van der Waals surface area contributed by atoms with Crippen molar-refractivity contribution in [1.82, 2.24) is 4.57 Å². The Bertz CT molecular complexity index is 3030. The summed E-state index contributed by atoms with van der Waals surface area (Å²) in [6.07, 6.45) is 1.05. The van der Waals surface area contributed by atoms with Crippen molar-refractivity contribution in [3.63, 3.8) is 0 Å². The minimum Gasteiger partial charge on any atom is -0.383 e. The maximum absolute atomic E-state index is 8.42. The van der Waals surface area contributed by atoms with Crippen molar-refractivity contribution in [2.75, 3.05) is 4.90 Å². The van der Waals surface area contributed by atoms with Crippen molar-refractivity contribution in [1.29, 1.82) is 5.41 Å². The third-order valence-corrected chi connectivity index (χ3v) is 11.6. The Morgan fingerprint density at radius 3 is 1.90 bits per heavy atom. The van der Waals surface area contributed by atoms with Gasteiger partial charge in [0.2, 0.25) is 0 Å². The molecule has 0 saturated carbocycles. The summed E-state index contributed by atoms with van der Waals surface area (Å²) in [7, 11) is 2.21. The molecule has 8 aromatic carbocycles. The van der Waals surface area contributed by atoms with Gasteiger partial charge in [0.1, 0.15) is 5.84 Å². The standard InChI is InChI=1S/C27H20N2.C26H21N3/c1-28-23-12-6-4-11-21(23)22-15-14-17-16-25-20-10-3-2-8-18(20)19-9-5-7-13-24(19)29(25)26(17)27(22)28;27-25(23-15-7-13-21(17-23)19-9-3-1-4-10-19)29-26(28)24-16-8-14-22(18-24)20-11-5-2-6-12-20/h2-15,25H,16H2,1H3;1-18H,(H3,27,28,29). The zero-order valence-corrected chi connectivity index (χ0v) is 32.2. The van der Waals surface area contributed by atoms with Crippen molar-refractivity contribution in [2.24, 2.45) is 17.8 Å². The molecule has 11 rings (SSSR count). The molecule has 0 spiro atoms. The first-order valence-corrected chi connectivity index (χ1v) is 19.7. The summed E-state index contributed by atoms with van der Waals surface area (Å²) >= 11 is 0. The van der Waals surface area contributed by atoms with Gasteiger partial charge in [0.25, 0.3) is 0 Å². The first kappa shape index (κ1) is 35.0. The van der Waals surface area contributed by atoms with E-state index in [0.29, 0.717) is 11.9 Å². The summed E-state index contributed by atoms with van der Waals surface area (Å²) < 4.78 is 2.38. The number of hydrogen-bond donors (Lipinski definition) is 2. The van der Waals surface area contributed by atoms with Gasteiger partial charge in [0.05, 0.1) is 17.2 Å². The van der Waals surface area contributed by atoms with Crippen molar-refractivity contribution < 1.29 is 0 Å². The summed E-state index contributed by atoms with van der Waals surface area (Å²) in [5, 5.41) is 11.1. The topological polar surface area (TPSA) is 70.4 Å². The molecule has 5 heteroatoms. The maximum Gasteiger partial charge on any atom is 0.154 e. The summed E-state index contributed by atoms with van der Waals surface area (Å²) in [5.74, 6) is 0.475. The Hall–Kier alpha value is -7.50. The van der Waals surface area contributed by atoms with Gasteiger partial charge in [-0.2, -0.15) is 0 Å². The van der Waals surface area contributed by atoms with Gasteiger partial charge in [-0.15, -0.1) is 0 Å². The number of hydrogen-bond acceptors (Lipinski definition) is 2. The molecule has 0 amide bonds. The first-order valence-electron chi connectivity index (χ1n) is 19.7. The predicted octanol–water partition coefficient (Wildman–Crippen LogP) is 12.5. The molecule has 278 valence electrons. The number of nitrogens with one attached hydrogen (secondary N) is 1. The van der Waals surface area contributed by atoms with Crippen molar-refractivity contribution in [2.45, 2.75) is 12.5 Å². The van der Waals surface area contributed by atoms with E-state index in [-0.39, 0.29) is 5.84 Å². The van der Waals surface area contributed by atoms with E-state index in [9.17, 15) is 0 Å². The molecule has 1 atom stereocenters. The fourth-order valence-electron chi connectivity index (χ4n) is 8.88. The van der Waals surface area contributed by atoms with Crippen LogP contribution >= 0.6 is 0 Å². The molecule has 3 heterocycles. The highest BCUT2D eigenvalue weighted by molar-refractivity contribution is 6.14. The van der Waals surface area contributed by atoms with E-state index in [4.69, 9.17) is 11.1 Å². The SMILES string of the molecule is Cn1c2ccccc2c2ccc3c(c21)N1c2ccccc2-c2ccccc2C1C3.N=C(N=C(N)c1cccc(-c2ccccc2)c1)c1cccc(-c2ccccc2)c1. The van der Waals surface area contributed by atoms with E-state index in [1.807, 2.05) is 84.9 Å². The zero-order chi connectivity index (χ0) is 39.2. The summed E-state index contributed by atoms with van der Waals surface area (Å²) in [6, 6.07) is 67.6. The molecule has 0 fully saturated rings. The van der Waals surface area contributed by atoms with Crippen LogP contribution in [0.2, 0.25) is 0 Å². The molecule has 1 aromatic heterocycles. The van der Waals surface area contributed by atoms with Gasteiger partial charge < -0.3 is 15.2 Å². The predicted molar refractivity (Wildman–Crippen MR) is 242 cm³/mol. The smallest absolute Gasteiger partial charge is 0.154 e. The Kier molecular flexibility index (Phi) is 8.76. The van der Waals surface area contributed by atoms with Crippen LogP contribution in [0.1, 0.15) is 28.3 Å². The number of fused-ring (bicyclic) bond motifs is 12. The number of anilines is 2. The number of nitrogens with zero attached hydrogens (tertiary/aromatic N) is 3. The van der Waals surface area contributed by atoms with Gasteiger partial charge >= 0.3 is 0 Å². The minimum atomic E-state index is 0.144. The lowest BCUT2D eigenvalue weighted by Gasteiger charge is -2.36. The Morgan fingerprint density at radius 2 is 1.16 bits per heavy atom. The van der Waals surface area contributed by atoms with Crippen LogP contribution < -0.4 is 10.6 Å². The van der Waals surface area contributed by atoms with Gasteiger partial charge in [-0.3, -0.25) is 5.41 Å². The number of rotatable bonds is 4. The quantitative estimate of drug-likeness (QED) is 0.139. The third kappa shape index (κ3) is 6.05. The molecule has 0 saturated heterocycles. The minimum absolute atomic E-state index is 0.144. The molecule has 0 bridgehead atoms. The summed E-state index contributed by atoms with van der Waals surface area (Å²) in [4.78, 5) is 6.97. The molecule has 58 heavy (non-hydrogen) atoms. The molecule has 0 aliphatic carbocycles. The number of para-hydroxylation sites is 2. The van der Waals surface area contributed by atoms with E-state index in [2.05, 4.69) is 131 Å². The Balaban J connectivity index is 0.000000141. The number of benzene rings is 8. The second-order valence-corrected chi connectivity index (χ2v) is 15.0. The van der Waals surface area contributed by atoms with Crippen LogP contribution in [-0.4, -0.2) is 16.2 Å². The number of nitrogens with two attached hydrogens (primary N) is 1. The van der Waals surface area contributed by atoms with Crippen molar-refractivity contribution in [3.8, 4) is 33.4 Å². The second-order valence-electron chi connectivity index (χ2n) is 15.0. The fourth-order valence-corrected chi connectivity index (χ4v) is 8.88. The van der Waals surface area contributed by atoms with Crippen molar-refractivity contribution >= 4 is 44.9 Å². The van der Waals surface area contributed by atoms with Crippen LogP contribution in [0.3, 0.4) is 0 Å². The highest BCUT2D eigenvalue weighted by Gasteiger charge is 2.39. The first-order chi connectivity index (χ1) is 28.5. The summed E-state index contributed by atoms with van der Waals surface area (Å²) in [5.41, 5.74) is 23.1. The normalized spacial score (nSPS) is 13.9. The molecule has 9 aromatic rings. The van der Waals surface area contributed by atoms with Crippen LogP contribution in [0, 0.1) is 5.41 Å². The highest BCUT2D eigenvalue weighted by Crippen LogP contribution is 2.56. The lowest BCUT2D eigenvalue weighted by molar-refractivity contribution is 0.737. The molecule has 1 unspecified atom stereocenters. The molecular weight excluding hydrogens is 707 g/mol. The van der Waals surface area contributed by atoms with Crippen LogP contribution in [0.15, 0.2) is 199 Å². The number of aryl methyl sites for hydroxylation is 1. The van der Waals surface area contributed by atoms with Gasteiger partial charge in [-0.1, -0.05) is 170 Å². The fraction of sp³-hybridized carbons (Fsp3) is 0.0566. The molecule has 5 nitrogen and oxygen atoms in total. The average molecular weight is 748 g/mol. The zero-order valence-electron chi connectivity index (χ0n) is 32.2. The van der Waals surface area contributed by atoms with Crippen LogP contribution in [0.4, 0.5) is 11.4 Å². The van der Waals surface area contributed by atoms with E-state index in [0.717, 1.165) is 39.8 Å². The van der Waals surface area contributed by atoms with Gasteiger partial charge in [0.15, 0.2) is 5.84 Å². The monoisotopic (exact) mass is 747 g/mol. The lowest BCUT2D eigenvalue weighted by Crippen LogP contribution is -2.24. The van der Waals surface area contributed by atoms with Gasteiger partial charge in [-0.05, 0) is 69.6 Å². The Labute approximate surface area is 338 Å². The molecule has 0 radical (unpaired) electrons. The highest BCUT2D eigenvalue weighted by atomic mass is 15.2. The van der Waals surface area contributed by atoms with E-state index >= 15 is 0 Å². The average Bonchev–Trinajstić information content (AvgIpc) is 3.83. The van der Waals surface area contributed by atoms with Crippen LogP contribution in [0.5, 0.6) is 0 Å². The summed E-state index contributed by atoms with van der Waals surface area (Å²) in [6.45, 7) is 0. The van der Waals surface area contributed by atoms with Crippen molar-refractivity contribution in [3.05, 3.63) is 216 Å². The van der Waals surface area contributed by atoms with Gasteiger partial charge in [0, 0.05) is 45.7 Å².